The van der Waals surface area contributed by atoms with E-state index in [9.17, 15) is 0 Å². The Kier molecular flexibility index (Phi) is 10.8. The third-order valence-electron chi connectivity index (χ3n) is 6.03. The van der Waals surface area contributed by atoms with E-state index in [0.717, 1.165) is 54.8 Å². The van der Waals surface area contributed by atoms with Crippen molar-refractivity contribution in [2.45, 2.75) is 66.1 Å². The average molecular weight is 540 g/mol. The Hall–Kier alpha value is -1.61. The third-order valence-corrected chi connectivity index (χ3v) is 6.03. The molecule has 2 heterocycles. The molecule has 0 amide bonds. The molecule has 1 saturated heterocycles. The summed E-state index contributed by atoms with van der Waals surface area (Å²) in [6.07, 6.45) is 4.36. The van der Waals surface area contributed by atoms with Crippen LogP contribution in [0.25, 0.3) is 0 Å². The Morgan fingerprint density at radius 1 is 1.06 bits per heavy atom. The fraction of sp³-hybridized carbons (Fsp3) is 0.583. The number of hydrogen-bond donors (Lipinski definition) is 2. The van der Waals surface area contributed by atoms with Crippen LogP contribution >= 0.6 is 24.0 Å². The fourth-order valence-corrected chi connectivity index (χ4v) is 3.96. The van der Waals surface area contributed by atoms with Crippen molar-refractivity contribution in [1.29, 1.82) is 0 Å². The minimum Gasteiger partial charge on any atom is -0.361 e. The van der Waals surface area contributed by atoms with Gasteiger partial charge in [-0.05, 0) is 49.4 Å². The fourth-order valence-electron chi connectivity index (χ4n) is 3.96. The Labute approximate surface area is 204 Å². The smallest absolute Gasteiger partial charge is 0.191 e. The third kappa shape index (κ3) is 7.49. The van der Waals surface area contributed by atoms with Crippen molar-refractivity contribution in [2.75, 3.05) is 20.1 Å². The van der Waals surface area contributed by atoms with Gasteiger partial charge in [0.15, 0.2) is 5.96 Å². The second kappa shape index (κ2) is 13.1. The van der Waals surface area contributed by atoms with Crippen molar-refractivity contribution in [3.63, 3.8) is 0 Å². The molecule has 0 aliphatic carbocycles. The highest BCUT2D eigenvalue weighted by molar-refractivity contribution is 14.0. The van der Waals surface area contributed by atoms with E-state index in [1.165, 1.54) is 37.1 Å². The highest BCUT2D eigenvalue weighted by Gasteiger charge is 2.16. The molecular formula is C24H38IN5O. The van der Waals surface area contributed by atoms with E-state index in [1.807, 2.05) is 0 Å². The summed E-state index contributed by atoms with van der Waals surface area (Å²) in [5.41, 5.74) is 4.82. The van der Waals surface area contributed by atoms with Gasteiger partial charge in [-0.15, -0.1) is 24.0 Å². The first kappa shape index (κ1) is 25.6. The summed E-state index contributed by atoms with van der Waals surface area (Å²) in [6.45, 7) is 11.5. The van der Waals surface area contributed by atoms with Gasteiger partial charge in [-0.3, -0.25) is 9.89 Å². The summed E-state index contributed by atoms with van der Waals surface area (Å²) in [5.74, 6) is 2.62. The van der Waals surface area contributed by atoms with E-state index in [1.54, 1.807) is 7.05 Å². The number of halogens is 1. The molecule has 6 nitrogen and oxygen atoms in total. The Morgan fingerprint density at radius 2 is 1.71 bits per heavy atom. The van der Waals surface area contributed by atoms with Crippen LogP contribution in [0.1, 0.15) is 61.8 Å². The molecule has 0 bridgehead atoms. The molecule has 1 aromatic carbocycles. The van der Waals surface area contributed by atoms with Gasteiger partial charge in [0, 0.05) is 38.7 Å². The topological polar surface area (TPSA) is 65.7 Å². The first-order valence-electron chi connectivity index (χ1n) is 11.3. The number of aryl methyl sites for hydroxylation is 2. The largest absolute Gasteiger partial charge is 0.361 e. The van der Waals surface area contributed by atoms with Crippen LogP contribution in [0.5, 0.6) is 0 Å². The molecular weight excluding hydrogens is 501 g/mol. The molecule has 7 heteroatoms. The predicted molar refractivity (Wildman–Crippen MR) is 138 cm³/mol. The number of likely N-dealkylation sites (tertiary alicyclic amines) is 1. The number of nitrogens with one attached hydrogen (secondary N) is 2. The summed E-state index contributed by atoms with van der Waals surface area (Å²) in [4.78, 5) is 6.92. The number of aromatic nitrogens is 1. The number of piperidine rings is 1. The molecule has 3 rings (SSSR count). The van der Waals surface area contributed by atoms with Crippen molar-refractivity contribution < 1.29 is 4.52 Å². The van der Waals surface area contributed by atoms with Gasteiger partial charge in [0.2, 0.25) is 0 Å². The van der Waals surface area contributed by atoms with Crippen LogP contribution in [0.15, 0.2) is 33.8 Å². The highest BCUT2D eigenvalue weighted by Crippen LogP contribution is 2.18. The highest BCUT2D eigenvalue weighted by atomic mass is 127. The van der Waals surface area contributed by atoms with Gasteiger partial charge in [-0.25, -0.2) is 0 Å². The number of guanidine groups is 1. The lowest BCUT2D eigenvalue weighted by molar-refractivity contribution is 0.185. The summed E-state index contributed by atoms with van der Waals surface area (Å²) < 4.78 is 5.45. The maximum Gasteiger partial charge on any atom is 0.191 e. The van der Waals surface area contributed by atoms with Crippen LogP contribution in [0.4, 0.5) is 0 Å². The van der Waals surface area contributed by atoms with Crippen LogP contribution in [-0.2, 0) is 32.5 Å². The molecule has 2 aromatic rings. The van der Waals surface area contributed by atoms with Crippen molar-refractivity contribution in [1.82, 2.24) is 20.7 Å². The Bertz CT molecular complexity index is 788. The Morgan fingerprint density at radius 3 is 2.32 bits per heavy atom. The number of aliphatic imine (C=N–C) groups is 1. The second-order valence-corrected chi connectivity index (χ2v) is 8.29. The van der Waals surface area contributed by atoms with Gasteiger partial charge < -0.3 is 15.2 Å². The molecule has 1 aromatic heterocycles. The van der Waals surface area contributed by atoms with E-state index in [4.69, 9.17) is 4.52 Å². The van der Waals surface area contributed by atoms with E-state index < -0.39 is 0 Å². The van der Waals surface area contributed by atoms with Crippen molar-refractivity contribution in [3.05, 3.63) is 52.4 Å². The van der Waals surface area contributed by atoms with Crippen LogP contribution in [-0.4, -0.2) is 36.2 Å². The van der Waals surface area contributed by atoms with E-state index in [-0.39, 0.29) is 24.0 Å². The van der Waals surface area contributed by atoms with Gasteiger partial charge in [0.1, 0.15) is 5.76 Å². The van der Waals surface area contributed by atoms with Gasteiger partial charge in [0.05, 0.1) is 5.69 Å². The normalized spacial score (nSPS) is 15.5. The molecule has 172 valence electrons. The number of hydrogen-bond acceptors (Lipinski definition) is 4. The van der Waals surface area contributed by atoms with E-state index >= 15 is 0 Å². The number of benzene rings is 1. The van der Waals surface area contributed by atoms with Crippen molar-refractivity contribution in [2.24, 2.45) is 10.9 Å². The van der Waals surface area contributed by atoms with Gasteiger partial charge in [-0.2, -0.15) is 0 Å². The molecule has 0 spiro atoms. The SMILES string of the molecule is CCc1noc(CC)c1CNC(=NC)NCc1ccc(CN2CCC(C)CC2)cc1.I. The van der Waals surface area contributed by atoms with E-state index in [2.05, 4.69) is 70.7 Å². The zero-order valence-electron chi connectivity index (χ0n) is 19.4. The molecule has 2 N–H and O–H groups in total. The van der Waals surface area contributed by atoms with Crippen molar-refractivity contribution in [3.8, 4) is 0 Å². The van der Waals surface area contributed by atoms with Crippen LogP contribution in [0.2, 0.25) is 0 Å². The lowest BCUT2D eigenvalue weighted by atomic mass is 9.99. The van der Waals surface area contributed by atoms with Gasteiger partial charge >= 0.3 is 0 Å². The lowest BCUT2D eigenvalue weighted by Gasteiger charge is -2.30. The van der Waals surface area contributed by atoms with E-state index in [0.29, 0.717) is 6.54 Å². The summed E-state index contributed by atoms with van der Waals surface area (Å²) in [7, 11) is 1.80. The molecule has 0 saturated carbocycles. The maximum absolute atomic E-state index is 5.45. The first-order valence-corrected chi connectivity index (χ1v) is 11.3. The predicted octanol–water partition coefficient (Wildman–Crippen LogP) is 4.51. The monoisotopic (exact) mass is 539 g/mol. The second-order valence-electron chi connectivity index (χ2n) is 8.29. The molecule has 1 fully saturated rings. The molecule has 31 heavy (non-hydrogen) atoms. The van der Waals surface area contributed by atoms with Crippen molar-refractivity contribution >= 4 is 29.9 Å². The Balaban J connectivity index is 0.00000341. The minimum atomic E-state index is 0. The quantitative estimate of drug-likeness (QED) is 0.294. The van der Waals surface area contributed by atoms with Gasteiger partial charge in [-0.1, -0.05) is 50.2 Å². The van der Waals surface area contributed by atoms with Crippen LogP contribution < -0.4 is 10.6 Å². The zero-order chi connectivity index (χ0) is 21.3. The minimum absolute atomic E-state index is 0. The molecule has 0 atom stereocenters. The zero-order valence-corrected chi connectivity index (χ0v) is 21.7. The summed E-state index contributed by atoms with van der Waals surface area (Å²) >= 11 is 0. The molecule has 1 aliphatic rings. The van der Waals surface area contributed by atoms with Gasteiger partial charge in [0.25, 0.3) is 0 Å². The number of nitrogens with zero attached hydrogens (tertiary/aromatic N) is 3. The first-order chi connectivity index (χ1) is 14.6. The molecule has 0 unspecified atom stereocenters. The molecule has 0 radical (unpaired) electrons. The standard InChI is InChI=1S/C24H37N5O.HI/c1-5-22-21(23(6-2)30-28-22)16-27-24(25-4)26-15-19-7-9-20(10-8-19)17-29-13-11-18(3)12-14-29;/h7-10,18H,5-6,11-17H2,1-4H3,(H2,25,26,27);1H. The maximum atomic E-state index is 5.45. The molecule has 1 aliphatic heterocycles. The van der Waals surface area contributed by atoms with Crippen LogP contribution in [0, 0.1) is 5.92 Å². The summed E-state index contributed by atoms with van der Waals surface area (Å²) in [5, 5.41) is 11.0. The van der Waals surface area contributed by atoms with Crippen LogP contribution in [0.3, 0.4) is 0 Å². The lowest BCUT2D eigenvalue weighted by Crippen LogP contribution is -2.36. The average Bonchev–Trinajstić information content (AvgIpc) is 3.18. The number of rotatable bonds is 8. The summed E-state index contributed by atoms with van der Waals surface area (Å²) in [6, 6.07) is 8.94.